The van der Waals surface area contributed by atoms with Crippen LogP contribution in [0.4, 0.5) is 0 Å². The molecular weight excluding hydrogens is 198 g/mol. The van der Waals surface area contributed by atoms with Gasteiger partial charge in [-0.05, 0) is 0 Å². The molecule has 2 heterocycles. The van der Waals surface area contributed by atoms with Crippen LogP contribution < -0.4 is 0 Å². The summed E-state index contributed by atoms with van der Waals surface area (Å²) in [7, 11) is 0. The third-order valence-electron chi connectivity index (χ3n) is 2.20. The van der Waals surface area contributed by atoms with Crippen molar-refractivity contribution in [1.82, 2.24) is 0 Å². The quantitative estimate of drug-likeness (QED) is 0.381. The van der Waals surface area contributed by atoms with Gasteiger partial charge in [0.25, 0.3) is 5.09 Å². The minimum Gasteiger partial charge on any atom is -0.372 e. The molecule has 6 nitrogen and oxygen atoms in total. The lowest BCUT2D eigenvalue weighted by Crippen LogP contribution is -2.33. The van der Waals surface area contributed by atoms with Crippen LogP contribution in [-0.2, 0) is 14.3 Å². The van der Waals surface area contributed by atoms with E-state index in [9.17, 15) is 10.1 Å². The maximum atomic E-state index is 10.1. The molecule has 74 valence electrons. The second-order valence-corrected chi connectivity index (χ2v) is 3.69. The summed E-state index contributed by atoms with van der Waals surface area (Å²) in [6.07, 6.45) is -1.11. The second kappa shape index (κ2) is 3.32. The van der Waals surface area contributed by atoms with Gasteiger partial charge in [0.2, 0.25) is 0 Å². The van der Waals surface area contributed by atoms with E-state index in [0.717, 1.165) is 0 Å². The summed E-state index contributed by atoms with van der Waals surface area (Å²) in [5, 5.41) is 9.26. The van der Waals surface area contributed by atoms with Crippen LogP contribution in [0.15, 0.2) is 0 Å². The first-order chi connectivity index (χ1) is 6.18. The highest BCUT2D eigenvalue weighted by Crippen LogP contribution is 2.31. The summed E-state index contributed by atoms with van der Waals surface area (Å²) in [6, 6.07) is 0. The molecule has 2 saturated heterocycles. The Hall–Kier alpha value is -0.530. The van der Waals surface area contributed by atoms with E-state index >= 15 is 0 Å². The lowest BCUT2D eigenvalue weighted by atomic mass is 10.1. The van der Waals surface area contributed by atoms with Gasteiger partial charge in [-0.2, -0.15) is 12.6 Å². The van der Waals surface area contributed by atoms with Crippen molar-refractivity contribution in [3.63, 3.8) is 0 Å². The van der Waals surface area contributed by atoms with Gasteiger partial charge in [-0.3, -0.25) is 0 Å². The van der Waals surface area contributed by atoms with E-state index in [4.69, 9.17) is 9.47 Å². The Kier molecular flexibility index (Phi) is 2.31. The van der Waals surface area contributed by atoms with Crippen molar-refractivity contribution >= 4 is 12.6 Å². The second-order valence-electron chi connectivity index (χ2n) is 3.03. The Morgan fingerprint density at radius 1 is 1.38 bits per heavy atom. The van der Waals surface area contributed by atoms with Crippen LogP contribution >= 0.6 is 12.6 Å². The van der Waals surface area contributed by atoms with Crippen molar-refractivity contribution in [2.75, 3.05) is 13.2 Å². The van der Waals surface area contributed by atoms with E-state index in [2.05, 4.69) is 17.5 Å². The molecule has 3 unspecified atom stereocenters. The fourth-order valence-corrected chi connectivity index (χ4v) is 1.99. The van der Waals surface area contributed by atoms with E-state index in [0.29, 0.717) is 6.61 Å². The van der Waals surface area contributed by atoms with Crippen LogP contribution in [0.25, 0.3) is 0 Å². The zero-order valence-corrected chi connectivity index (χ0v) is 7.55. The molecule has 0 spiro atoms. The molecule has 0 saturated carbocycles. The maximum absolute atomic E-state index is 10.1. The third-order valence-corrected chi connectivity index (χ3v) is 2.65. The highest BCUT2D eigenvalue weighted by Gasteiger charge is 2.48. The molecule has 2 aliphatic heterocycles. The maximum Gasteiger partial charge on any atom is 0.294 e. The summed E-state index contributed by atoms with van der Waals surface area (Å²) >= 11 is 4.22. The largest absolute Gasteiger partial charge is 0.372 e. The standard InChI is InChI=1S/C6H9NO5S/c8-7(9)12-3-1-10-6-4(13)2-11-5(3)6/h3-6,13H,1-2H2/t3?,4-,5?,6?/m0/s1. The summed E-state index contributed by atoms with van der Waals surface area (Å²) in [4.78, 5) is 14.5. The number of rotatable bonds is 2. The van der Waals surface area contributed by atoms with Crippen LogP contribution in [0.3, 0.4) is 0 Å². The first-order valence-electron chi connectivity index (χ1n) is 3.91. The van der Waals surface area contributed by atoms with Crippen LogP contribution in [0.2, 0.25) is 0 Å². The molecule has 2 rings (SSSR count). The molecule has 0 aliphatic carbocycles. The lowest BCUT2D eigenvalue weighted by Gasteiger charge is -2.12. The average Bonchev–Trinajstić information content (AvgIpc) is 2.56. The molecule has 2 aliphatic rings. The van der Waals surface area contributed by atoms with Gasteiger partial charge in [-0.25, -0.2) is 0 Å². The molecular formula is C6H9NO5S. The Labute approximate surface area is 79.7 Å². The number of fused-ring (bicyclic) bond motifs is 1. The van der Waals surface area contributed by atoms with Crippen LogP contribution in [-0.4, -0.2) is 41.9 Å². The van der Waals surface area contributed by atoms with Gasteiger partial charge in [0.05, 0.1) is 24.6 Å². The summed E-state index contributed by atoms with van der Waals surface area (Å²) < 4.78 is 10.5. The van der Waals surface area contributed by atoms with Crippen molar-refractivity contribution in [1.29, 1.82) is 0 Å². The smallest absolute Gasteiger partial charge is 0.294 e. The molecule has 13 heavy (non-hydrogen) atoms. The molecule has 4 atom stereocenters. The van der Waals surface area contributed by atoms with Crippen molar-refractivity contribution in [3.8, 4) is 0 Å². The molecule has 7 heteroatoms. The Bertz CT molecular complexity index is 225. The minimum absolute atomic E-state index is 0.00893. The molecule has 0 amide bonds. The van der Waals surface area contributed by atoms with Crippen LogP contribution in [0, 0.1) is 10.1 Å². The van der Waals surface area contributed by atoms with Gasteiger partial charge in [0.1, 0.15) is 6.10 Å². The van der Waals surface area contributed by atoms with Gasteiger partial charge in [-0.15, -0.1) is 10.1 Å². The van der Waals surface area contributed by atoms with E-state index in [1.54, 1.807) is 0 Å². The van der Waals surface area contributed by atoms with Gasteiger partial charge in [-0.1, -0.05) is 0 Å². The first kappa shape index (κ1) is 9.04. The Morgan fingerprint density at radius 2 is 2.08 bits per heavy atom. The van der Waals surface area contributed by atoms with Gasteiger partial charge < -0.3 is 14.3 Å². The number of ether oxygens (including phenoxy) is 2. The highest BCUT2D eigenvalue weighted by atomic mass is 32.1. The average molecular weight is 207 g/mol. The molecule has 0 aromatic rings. The highest BCUT2D eigenvalue weighted by molar-refractivity contribution is 7.81. The van der Waals surface area contributed by atoms with Crippen molar-refractivity contribution in [3.05, 3.63) is 10.1 Å². The van der Waals surface area contributed by atoms with Crippen LogP contribution in [0.1, 0.15) is 0 Å². The first-order valence-corrected chi connectivity index (χ1v) is 4.42. The number of hydrogen-bond donors (Lipinski definition) is 1. The van der Waals surface area contributed by atoms with E-state index < -0.39 is 11.2 Å². The number of thiol groups is 1. The van der Waals surface area contributed by atoms with Crippen molar-refractivity contribution in [2.24, 2.45) is 0 Å². The Morgan fingerprint density at radius 3 is 2.77 bits per heavy atom. The monoisotopic (exact) mass is 207 g/mol. The lowest BCUT2D eigenvalue weighted by molar-refractivity contribution is -0.769. The molecule has 0 radical (unpaired) electrons. The summed E-state index contributed by atoms with van der Waals surface area (Å²) in [6.45, 7) is 0.656. The van der Waals surface area contributed by atoms with Crippen LogP contribution in [0.5, 0.6) is 0 Å². The van der Waals surface area contributed by atoms with E-state index in [-0.39, 0.29) is 24.1 Å². The molecule has 0 aromatic heterocycles. The van der Waals surface area contributed by atoms with Gasteiger partial charge in [0, 0.05) is 0 Å². The SMILES string of the molecule is O=[N+]([O-])OC1COC2C1OC[C@@H]2S. The molecule has 2 fully saturated rings. The third kappa shape index (κ3) is 1.59. The van der Waals surface area contributed by atoms with E-state index in [1.165, 1.54) is 0 Å². The topological polar surface area (TPSA) is 70.8 Å². The normalized spacial score (nSPS) is 43.2. The molecule has 0 N–H and O–H groups in total. The van der Waals surface area contributed by atoms with Gasteiger partial charge in [0.15, 0.2) is 6.10 Å². The zero-order chi connectivity index (χ0) is 9.42. The predicted octanol–water partition coefficient (Wildman–Crippen LogP) is -0.341. The fourth-order valence-electron chi connectivity index (χ4n) is 1.64. The molecule has 0 bridgehead atoms. The molecule has 0 aromatic carbocycles. The minimum atomic E-state index is -0.814. The zero-order valence-electron chi connectivity index (χ0n) is 6.66. The van der Waals surface area contributed by atoms with E-state index in [1.807, 2.05) is 0 Å². The summed E-state index contributed by atoms with van der Waals surface area (Å²) in [5.41, 5.74) is 0. The fraction of sp³-hybridized carbons (Fsp3) is 1.00. The van der Waals surface area contributed by atoms with Gasteiger partial charge >= 0.3 is 0 Å². The Balaban J connectivity index is 1.98. The van der Waals surface area contributed by atoms with Crippen molar-refractivity contribution in [2.45, 2.75) is 23.6 Å². The van der Waals surface area contributed by atoms with Crippen molar-refractivity contribution < 1.29 is 19.4 Å². The predicted molar refractivity (Wildman–Crippen MR) is 44.1 cm³/mol. The number of hydrogen-bond acceptors (Lipinski definition) is 6. The summed E-state index contributed by atoms with van der Waals surface area (Å²) in [5.74, 6) is 0. The number of nitrogens with zero attached hydrogens (tertiary/aromatic N) is 1.